The number of alkyl halides is 3. The van der Waals surface area contributed by atoms with Gasteiger partial charge in [0.25, 0.3) is 5.76 Å². The number of halogens is 3. The zero-order chi connectivity index (χ0) is 26.0. The first kappa shape index (κ1) is 25.6. The lowest BCUT2D eigenvalue weighted by Gasteiger charge is -2.19. The van der Waals surface area contributed by atoms with Gasteiger partial charge in [0.15, 0.2) is 6.61 Å². The van der Waals surface area contributed by atoms with Crippen molar-refractivity contribution in [3.63, 3.8) is 0 Å². The van der Waals surface area contributed by atoms with Gasteiger partial charge in [-0.1, -0.05) is 0 Å². The van der Waals surface area contributed by atoms with E-state index in [-0.39, 0.29) is 22.4 Å². The van der Waals surface area contributed by atoms with E-state index in [1.165, 1.54) is 43.5 Å². The molecular formula is C24H21F3O8. The van der Waals surface area contributed by atoms with Gasteiger partial charge in [0.05, 0.1) is 18.1 Å². The van der Waals surface area contributed by atoms with Gasteiger partial charge in [0.1, 0.15) is 22.7 Å². The molecule has 1 aromatic heterocycles. The van der Waals surface area contributed by atoms with Crippen LogP contribution in [-0.2, 0) is 20.4 Å². The van der Waals surface area contributed by atoms with E-state index in [4.69, 9.17) is 18.6 Å². The zero-order valence-electron chi connectivity index (χ0n) is 19.1. The largest absolute Gasteiger partial charge is 0.482 e. The van der Waals surface area contributed by atoms with Crippen LogP contribution in [0.1, 0.15) is 36.9 Å². The van der Waals surface area contributed by atoms with E-state index in [9.17, 15) is 27.6 Å². The molecule has 0 saturated carbocycles. The summed E-state index contributed by atoms with van der Waals surface area (Å²) in [5.41, 5.74) is -2.10. The number of carbonyl (C=O) groups excluding carboxylic acids is 2. The van der Waals surface area contributed by atoms with E-state index >= 15 is 0 Å². The molecule has 0 N–H and O–H groups in total. The van der Waals surface area contributed by atoms with Crippen LogP contribution in [0.15, 0.2) is 51.7 Å². The summed E-state index contributed by atoms with van der Waals surface area (Å²) in [6, 6.07) is 8.51. The fourth-order valence-corrected chi connectivity index (χ4v) is 2.93. The fraction of sp³-hybridized carbons (Fsp3) is 0.292. The molecule has 3 aromatic rings. The van der Waals surface area contributed by atoms with Crippen LogP contribution < -0.4 is 14.9 Å². The summed E-state index contributed by atoms with van der Waals surface area (Å²) in [5.74, 6) is -4.20. The van der Waals surface area contributed by atoms with Crippen molar-refractivity contribution in [3.8, 4) is 17.2 Å². The molecule has 186 valence electrons. The van der Waals surface area contributed by atoms with Crippen LogP contribution in [0.3, 0.4) is 0 Å². The number of benzene rings is 2. The Morgan fingerprint density at radius 3 is 2.17 bits per heavy atom. The van der Waals surface area contributed by atoms with Gasteiger partial charge in [-0.25, -0.2) is 9.59 Å². The van der Waals surface area contributed by atoms with Crippen LogP contribution in [0.5, 0.6) is 17.2 Å². The SMILES string of the molecule is COC(=O)c1ccc(Oc2c(C(F)(F)F)oc3cc(OCC(=O)OC(C)(C)C)ccc3c2=O)cc1. The molecular weight excluding hydrogens is 473 g/mol. The molecule has 0 fully saturated rings. The fourth-order valence-electron chi connectivity index (χ4n) is 2.93. The highest BCUT2D eigenvalue weighted by atomic mass is 19.4. The van der Waals surface area contributed by atoms with Gasteiger partial charge in [-0.15, -0.1) is 0 Å². The smallest absolute Gasteiger partial charge is 0.453 e. The number of rotatable bonds is 6. The Balaban J connectivity index is 1.95. The van der Waals surface area contributed by atoms with Crippen molar-refractivity contribution in [2.45, 2.75) is 32.5 Å². The molecule has 0 spiro atoms. The summed E-state index contributed by atoms with van der Waals surface area (Å²) in [4.78, 5) is 36.2. The van der Waals surface area contributed by atoms with Gasteiger partial charge < -0.3 is 23.4 Å². The molecule has 0 aliphatic heterocycles. The summed E-state index contributed by atoms with van der Waals surface area (Å²) in [6.45, 7) is 4.51. The summed E-state index contributed by atoms with van der Waals surface area (Å²) in [5, 5.41) is -0.205. The van der Waals surface area contributed by atoms with Crippen LogP contribution in [-0.4, -0.2) is 31.3 Å². The third-order valence-electron chi connectivity index (χ3n) is 4.35. The zero-order valence-corrected chi connectivity index (χ0v) is 19.1. The molecule has 3 rings (SSSR count). The third kappa shape index (κ3) is 6.31. The lowest BCUT2D eigenvalue weighted by Crippen LogP contribution is -2.27. The van der Waals surface area contributed by atoms with E-state index in [2.05, 4.69) is 4.74 Å². The van der Waals surface area contributed by atoms with Crippen molar-refractivity contribution in [2.24, 2.45) is 0 Å². The second-order valence-electron chi connectivity index (χ2n) is 8.24. The predicted molar refractivity (Wildman–Crippen MR) is 117 cm³/mol. The van der Waals surface area contributed by atoms with Crippen molar-refractivity contribution in [2.75, 3.05) is 13.7 Å². The van der Waals surface area contributed by atoms with Crippen LogP contribution in [0, 0.1) is 0 Å². The molecule has 0 unspecified atom stereocenters. The van der Waals surface area contributed by atoms with Gasteiger partial charge in [0, 0.05) is 6.07 Å². The highest BCUT2D eigenvalue weighted by molar-refractivity contribution is 5.89. The van der Waals surface area contributed by atoms with Crippen LogP contribution >= 0.6 is 0 Å². The first-order valence-electron chi connectivity index (χ1n) is 10.2. The van der Waals surface area contributed by atoms with Gasteiger partial charge in [0.2, 0.25) is 11.2 Å². The molecule has 0 aliphatic carbocycles. The van der Waals surface area contributed by atoms with Gasteiger partial charge in [-0.3, -0.25) is 4.79 Å². The number of hydrogen-bond acceptors (Lipinski definition) is 8. The highest BCUT2D eigenvalue weighted by Gasteiger charge is 2.40. The Morgan fingerprint density at radius 1 is 0.971 bits per heavy atom. The molecule has 35 heavy (non-hydrogen) atoms. The average molecular weight is 494 g/mol. The molecule has 11 heteroatoms. The molecule has 0 amide bonds. The van der Waals surface area contributed by atoms with Crippen molar-refractivity contribution in [3.05, 3.63) is 64.0 Å². The summed E-state index contributed by atoms with van der Waals surface area (Å²) in [6.07, 6.45) is -5.07. The van der Waals surface area contributed by atoms with E-state index < -0.39 is 52.8 Å². The first-order valence-corrected chi connectivity index (χ1v) is 10.2. The van der Waals surface area contributed by atoms with Crippen molar-refractivity contribution in [1.82, 2.24) is 0 Å². The number of ether oxygens (including phenoxy) is 4. The number of esters is 2. The van der Waals surface area contributed by atoms with Crippen molar-refractivity contribution in [1.29, 1.82) is 0 Å². The highest BCUT2D eigenvalue weighted by Crippen LogP contribution is 2.38. The van der Waals surface area contributed by atoms with E-state index in [1.807, 2.05) is 0 Å². The molecule has 2 aromatic carbocycles. The third-order valence-corrected chi connectivity index (χ3v) is 4.35. The van der Waals surface area contributed by atoms with Crippen molar-refractivity contribution < 1.29 is 46.1 Å². The average Bonchev–Trinajstić information content (AvgIpc) is 2.77. The second-order valence-corrected chi connectivity index (χ2v) is 8.24. The molecule has 0 aliphatic rings. The minimum absolute atomic E-state index is 0.00768. The molecule has 0 bridgehead atoms. The molecule has 8 nitrogen and oxygen atoms in total. The molecule has 0 radical (unpaired) electrons. The standard InChI is InChI=1S/C24H21F3O8/c1-23(2,3)35-18(28)12-32-15-9-10-16-17(11-15)34-21(24(25,26)27)20(19(16)29)33-14-7-5-13(6-8-14)22(30)31-4/h5-11H,12H2,1-4H3. The molecule has 1 heterocycles. The van der Waals surface area contributed by atoms with Gasteiger partial charge in [-0.05, 0) is 57.2 Å². The molecule has 0 atom stereocenters. The Bertz CT molecular complexity index is 1300. The predicted octanol–water partition coefficient (Wildman–Crippen LogP) is 5.11. The van der Waals surface area contributed by atoms with Gasteiger partial charge in [-0.2, -0.15) is 13.2 Å². The van der Waals surface area contributed by atoms with E-state index in [0.717, 1.165) is 6.07 Å². The maximum atomic E-state index is 13.7. The number of methoxy groups -OCH3 is 1. The maximum absolute atomic E-state index is 13.7. The van der Waals surface area contributed by atoms with Crippen molar-refractivity contribution >= 4 is 22.9 Å². The second kappa shape index (κ2) is 9.69. The minimum atomic E-state index is -5.07. The number of hydrogen-bond donors (Lipinski definition) is 0. The minimum Gasteiger partial charge on any atom is -0.482 e. The topological polar surface area (TPSA) is 101 Å². The monoisotopic (exact) mass is 494 g/mol. The van der Waals surface area contributed by atoms with Gasteiger partial charge >= 0.3 is 18.1 Å². The lowest BCUT2D eigenvalue weighted by atomic mass is 10.2. The Kier molecular flexibility index (Phi) is 7.09. The van der Waals surface area contributed by atoms with Crippen LogP contribution in [0.4, 0.5) is 13.2 Å². The van der Waals surface area contributed by atoms with E-state index in [1.54, 1.807) is 20.8 Å². The Labute approximate surface area is 197 Å². The van der Waals surface area contributed by atoms with E-state index in [0.29, 0.717) is 0 Å². The Hall–Kier alpha value is -4.02. The van der Waals surface area contributed by atoms with Crippen LogP contribution in [0.25, 0.3) is 11.0 Å². The summed E-state index contributed by atoms with van der Waals surface area (Å²) < 4.78 is 66.3. The first-order chi connectivity index (χ1) is 16.3. The summed E-state index contributed by atoms with van der Waals surface area (Å²) >= 11 is 0. The molecule has 0 saturated heterocycles. The maximum Gasteiger partial charge on any atom is 0.453 e. The number of fused-ring (bicyclic) bond motifs is 1. The lowest BCUT2D eigenvalue weighted by molar-refractivity contribution is -0.157. The summed E-state index contributed by atoms with van der Waals surface area (Å²) in [7, 11) is 1.18. The normalized spacial score (nSPS) is 11.7. The Morgan fingerprint density at radius 2 is 1.60 bits per heavy atom. The number of carbonyl (C=O) groups is 2. The van der Waals surface area contributed by atoms with Crippen LogP contribution in [0.2, 0.25) is 0 Å². The quantitative estimate of drug-likeness (QED) is 0.436.